The number of hydrogen-bond acceptors (Lipinski definition) is 5. The Labute approximate surface area is 173 Å². The van der Waals surface area contributed by atoms with Crippen LogP contribution in [-0.2, 0) is 4.79 Å². The zero-order valence-corrected chi connectivity index (χ0v) is 17.2. The van der Waals surface area contributed by atoms with Crippen LogP contribution >= 0.6 is 11.6 Å². The third kappa shape index (κ3) is 5.12. The van der Waals surface area contributed by atoms with Crippen molar-refractivity contribution in [2.24, 2.45) is 0 Å². The van der Waals surface area contributed by atoms with Crippen molar-refractivity contribution in [2.75, 3.05) is 12.4 Å². The van der Waals surface area contributed by atoms with Gasteiger partial charge in [0.1, 0.15) is 17.4 Å². The summed E-state index contributed by atoms with van der Waals surface area (Å²) in [6.07, 6.45) is 1.31. The molecule has 29 heavy (non-hydrogen) atoms. The summed E-state index contributed by atoms with van der Waals surface area (Å²) in [5.74, 6) is -0.348. The van der Waals surface area contributed by atoms with Gasteiger partial charge in [-0.05, 0) is 36.1 Å². The Balaban J connectivity index is 2.39. The molecule has 0 saturated heterocycles. The Morgan fingerprint density at radius 1 is 1.34 bits per heavy atom. The lowest BCUT2D eigenvalue weighted by Crippen LogP contribution is -2.14. The zero-order valence-electron chi connectivity index (χ0n) is 16.4. The van der Waals surface area contributed by atoms with E-state index in [0.29, 0.717) is 27.6 Å². The quantitative estimate of drug-likeness (QED) is 0.302. The topological polar surface area (TPSA) is 105 Å². The van der Waals surface area contributed by atoms with E-state index < -0.39 is 10.8 Å². The van der Waals surface area contributed by atoms with Crippen LogP contribution < -0.4 is 10.1 Å². The van der Waals surface area contributed by atoms with Crippen LogP contribution in [0.25, 0.3) is 6.08 Å². The molecule has 0 bridgehead atoms. The van der Waals surface area contributed by atoms with E-state index in [0.717, 1.165) is 5.56 Å². The van der Waals surface area contributed by atoms with E-state index in [4.69, 9.17) is 16.3 Å². The number of benzene rings is 2. The monoisotopic (exact) mass is 413 g/mol. The maximum atomic E-state index is 12.6. The predicted octanol–water partition coefficient (Wildman–Crippen LogP) is 5.23. The van der Waals surface area contributed by atoms with Gasteiger partial charge in [0, 0.05) is 22.7 Å². The number of ether oxygens (including phenoxy) is 1. The molecule has 1 N–H and O–H groups in total. The molecule has 0 atom stereocenters. The van der Waals surface area contributed by atoms with E-state index >= 15 is 0 Å². The van der Waals surface area contributed by atoms with Crippen LogP contribution in [0.4, 0.5) is 11.4 Å². The van der Waals surface area contributed by atoms with Crippen LogP contribution in [0.3, 0.4) is 0 Å². The fourth-order valence-corrected chi connectivity index (χ4v) is 2.89. The minimum absolute atomic E-state index is 0.0345. The van der Waals surface area contributed by atoms with E-state index in [2.05, 4.69) is 5.32 Å². The van der Waals surface area contributed by atoms with Gasteiger partial charge in [-0.3, -0.25) is 14.9 Å². The highest BCUT2D eigenvalue weighted by molar-refractivity contribution is 6.31. The van der Waals surface area contributed by atoms with Gasteiger partial charge in [0.05, 0.1) is 17.7 Å². The number of methoxy groups -OCH3 is 1. The number of nitro benzene ring substituents is 1. The highest BCUT2D eigenvalue weighted by Crippen LogP contribution is 2.32. The number of carbonyl (C=O) groups excluding carboxylic acids is 1. The molecule has 0 saturated carbocycles. The normalized spacial score (nSPS) is 11.1. The molecule has 0 unspecified atom stereocenters. The minimum Gasteiger partial charge on any atom is -0.495 e. The van der Waals surface area contributed by atoms with Gasteiger partial charge < -0.3 is 10.1 Å². The van der Waals surface area contributed by atoms with Gasteiger partial charge in [0.15, 0.2) is 0 Å². The molecule has 2 aromatic rings. The SMILES string of the molecule is COc1cc(Cl)c(C)cc1NC(=O)/C(C#N)=C/c1ccc(C(C)C)c([N+](=O)[O-])c1. The van der Waals surface area contributed by atoms with Crippen LogP contribution in [0.5, 0.6) is 5.75 Å². The molecule has 8 heteroatoms. The van der Waals surface area contributed by atoms with Gasteiger partial charge in [-0.2, -0.15) is 5.26 Å². The fraction of sp³-hybridized carbons (Fsp3) is 0.238. The summed E-state index contributed by atoms with van der Waals surface area (Å²) >= 11 is 6.06. The minimum atomic E-state index is -0.664. The first-order valence-corrected chi connectivity index (χ1v) is 9.11. The maximum Gasteiger partial charge on any atom is 0.273 e. The standard InChI is InChI=1S/C21H20ClN3O4/c1-12(2)16-6-5-14(9-19(16)25(27)28)8-15(11-23)21(26)24-18-7-13(3)17(22)10-20(18)29-4/h5-10,12H,1-4H3,(H,24,26)/b15-8+. The van der Waals surface area contributed by atoms with Crippen molar-refractivity contribution in [3.63, 3.8) is 0 Å². The van der Waals surface area contributed by atoms with Crippen molar-refractivity contribution in [1.82, 2.24) is 0 Å². The van der Waals surface area contributed by atoms with E-state index in [1.807, 2.05) is 19.9 Å². The Morgan fingerprint density at radius 3 is 2.59 bits per heavy atom. The maximum absolute atomic E-state index is 12.6. The molecular weight excluding hydrogens is 394 g/mol. The zero-order chi connectivity index (χ0) is 21.7. The highest BCUT2D eigenvalue weighted by atomic mass is 35.5. The van der Waals surface area contributed by atoms with Crippen molar-refractivity contribution < 1.29 is 14.5 Å². The lowest BCUT2D eigenvalue weighted by molar-refractivity contribution is -0.385. The number of amides is 1. The number of nitriles is 1. The second kappa shape index (κ2) is 9.22. The third-order valence-electron chi connectivity index (χ3n) is 4.28. The first kappa shape index (κ1) is 21.9. The summed E-state index contributed by atoms with van der Waals surface area (Å²) in [4.78, 5) is 23.5. The molecule has 0 spiro atoms. The number of rotatable bonds is 6. The second-order valence-corrected chi connectivity index (χ2v) is 7.06. The predicted molar refractivity (Wildman–Crippen MR) is 112 cm³/mol. The average molecular weight is 414 g/mol. The van der Waals surface area contributed by atoms with Gasteiger partial charge in [-0.25, -0.2) is 0 Å². The van der Waals surface area contributed by atoms with Gasteiger partial charge in [-0.15, -0.1) is 0 Å². The molecule has 0 aliphatic heterocycles. The van der Waals surface area contributed by atoms with Gasteiger partial charge in [0.25, 0.3) is 11.6 Å². The first-order valence-electron chi connectivity index (χ1n) is 8.73. The summed E-state index contributed by atoms with van der Waals surface area (Å²) in [5, 5.41) is 23.9. The number of anilines is 1. The number of aryl methyl sites for hydroxylation is 1. The smallest absolute Gasteiger partial charge is 0.273 e. The summed E-state index contributed by atoms with van der Waals surface area (Å²) in [6, 6.07) is 9.66. The lowest BCUT2D eigenvalue weighted by Gasteiger charge is -2.12. The Kier molecular flexibility index (Phi) is 6.97. The van der Waals surface area contributed by atoms with Crippen molar-refractivity contribution in [2.45, 2.75) is 26.7 Å². The van der Waals surface area contributed by atoms with E-state index in [-0.39, 0.29) is 17.2 Å². The molecule has 0 aliphatic carbocycles. The summed E-state index contributed by atoms with van der Waals surface area (Å²) < 4.78 is 5.21. The molecule has 0 heterocycles. The van der Waals surface area contributed by atoms with E-state index in [9.17, 15) is 20.2 Å². The van der Waals surface area contributed by atoms with Crippen LogP contribution in [0.1, 0.15) is 36.5 Å². The molecule has 0 aromatic heterocycles. The average Bonchev–Trinajstić information content (AvgIpc) is 2.68. The second-order valence-electron chi connectivity index (χ2n) is 6.66. The van der Waals surface area contributed by atoms with Crippen LogP contribution in [-0.4, -0.2) is 17.9 Å². The molecule has 0 radical (unpaired) electrons. The molecule has 2 rings (SSSR count). The number of carbonyl (C=O) groups is 1. The molecule has 7 nitrogen and oxygen atoms in total. The van der Waals surface area contributed by atoms with Crippen molar-refractivity contribution in [1.29, 1.82) is 5.26 Å². The summed E-state index contributed by atoms with van der Waals surface area (Å²) in [6.45, 7) is 5.48. The van der Waals surface area contributed by atoms with Crippen LogP contribution in [0.2, 0.25) is 5.02 Å². The van der Waals surface area contributed by atoms with Gasteiger partial charge in [0.2, 0.25) is 0 Å². The number of nitrogens with zero attached hydrogens (tertiary/aromatic N) is 2. The molecule has 0 fully saturated rings. The van der Waals surface area contributed by atoms with E-state index in [1.54, 1.807) is 31.2 Å². The van der Waals surface area contributed by atoms with Gasteiger partial charge in [-0.1, -0.05) is 37.6 Å². The Morgan fingerprint density at radius 2 is 2.03 bits per heavy atom. The number of hydrogen-bond donors (Lipinski definition) is 1. The Bertz CT molecular complexity index is 1040. The summed E-state index contributed by atoms with van der Waals surface area (Å²) in [5.41, 5.74) is 1.79. The molecular formula is C21H20ClN3O4. The molecule has 1 amide bonds. The molecule has 150 valence electrons. The lowest BCUT2D eigenvalue weighted by atomic mass is 9.98. The highest BCUT2D eigenvalue weighted by Gasteiger charge is 2.18. The summed E-state index contributed by atoms with van der Waals surface area (Å²) in [7, 11) is 1.44. The number of nitro groups is 1. The number of nitrogens with one attached hydrogen (secondary N) is 1. The van der Waals surface area contributed by atoms with Crippen LogP contribution in [0.15, 0.2) is 35.9 Å². The number of halogens is 1. The molecule has 0 aliphatic rings. The third-order valence-corrected chi connectivity index (χ3v) is 4.69. The van der Waals surface area contributed by atoms with Crippen molar-refractivity contribution >= 4 is 35.0 Å². The van der Waals surface area contributed by atoms with E-state index in [1.165, 1.54) is 19.3 Å². The molecule has 2 aromatic carbocycles. The first-order chi connectivity index (χ1) is 13.7. The van der Waals surface area contributed by atoms with Crippen LogP contribution in [0, 0.1) is 28.4 Å². The van der Waals surface area contributed by atoms with Crippen molar-refractivity contribution in [3.05, 3.63) is 67.7 Å². The van der Waals surface area contributed by atoms with Gasteiger partial charge >= 0.3 is 0 Å². The Hall–Kier alpha value is -3.37. The fourth-order valence-electron chi connectivity index (χ4n) is 2.73. The van der Waals surface area contributed by atoms with Crippen molar-refractivity contribution in [3.8, 4) is 11.8 Å². The largest absolute Gasteiger partial charge is 0.495 e.